The van der Waals surface area contributed by atoms with Crippen molar-refractivity contribution in [1.82, 2.24) is 4.57 Å². The molecule has 0 aliphatic rings. The first-order valence-electron chi connectivity index (χ1n) is 6.44. The highest BCUT2D eigenvalue weighted by molar-refractivity contribution is 5.95. The number of aryl methyl sites for hydroxylation is 1. The number of ether oxygens (including phenoxy) is 1. The lowest BCUT2D eigenvalue weighted by Crippen LogP contribution is -2.16. The van der Waals surface area contributed by atoms with Gasteiger partial charge in [0.1, 0.15) is 5.75 Å². The number of hydrogen-bond acceptors (Lipinski definition) is 2. The van der Waals surface area contributed by atoms with E-state index in [0.717, 1.165) is 27.8 Å². The maximum atomic E-state index is 12.1. The second-order valence-electron chi connectivity index (χ2n) is 4.70. The number of nitrogens with zero attached hydrogens (tertiary/aromatic N) is 1. The second-order valence-corrected chi connectivity index (χ2v) is 4.70. The van der Waals surface area contributed by atoms with Crippen LogP contribution in [0.1, 0.15) is 0 Å². The molecule has 3 nitrogen and oxygen atoms in total. The van der Waals surface area contributed by atoms with Crippen LogP contribution in [0, 0.1) is 0 Å². The molecule has 1 aromatic heterocycles. The summed E-state index contributed by atoms with van der Waals surface area (Å²) >= 11 is 0. The van der Waals surface area contributed by atoms with Gasteiger partial charge in [0.15, 0.2) is 0 Å². The Kier molecular flexibility index (Phi) is 3.03. The van der Waals surface area contributed by atoms with Gasteiger partial charge >= 0.3 is 0 Å². The maximum absolute atomic E-state index is 12.1. The first-order chi connectivity index (χ1) is 9.70. The van der Waals surface area contributed by atoms with Crippen LogP contribution in [0.3, 0.4) is 0 Å². The van der Waals surface area contributed by atoms with E-state index in [4.69, 9.17) is 4.74 Å². The molecule has 3 heteroatoms. The third kappa shape index (κ3) is 1.97. The molecule has 0 saturated heterocycles. The van der Waals surface area contributed by atoms with Crippen molar-refractivity contribution in [2.24, 2.45) is 7.05 Å². The molecule has 0 amide bonds. The zero-order valence-corrected chi connectivity index (χ0v) is 11.5. The largest absolute Gasteiger partial charge is 0.497 e. The minimum Gasteiger partial charge on any atom is -0.497 e. The van der Waals surface area contributed by atoms with Crippen LogP contribution in [0.4, 0.5) is 0 Å². The molecule has 0 N–H and O–H groups in total. The van der Waals surface area contributed by atoms with Gasteiger partial charge in [0.2, 0.25) is 0 Å². The average molecular weight is 265 g/mol. The molecule has 0 unspecified atom stereocenters. The van der Waals surface area contributed by atoms with Gasteiger partial charge in [-0.25, -0.2) is 0 Å². The van der Waals surface area contributed by atoms with E-state index in [0.29, 0.717) is 0 Å². The molecule has 0 saturated carbocycles. The molecule has 0 aliphatic heterocycles. The summed E-state index contributed by atoms with van der Waals surface area (Å²) in [5, 5.41) is 1.04. The molecular weight excluding hydrogens is 250 g/mol. The summed E-state index contributed by atoms with van der Waals surface area (Å²) in [5.74, 6) is 0.748. The first kappa shape index (κ1) is 12.5. The van der Waals surface area contributed by atoms with Crippen molar-refractivity contribution in [2.45, 2.75) is 0 Å². The Labute approximate surface area is 117 Å². The number of pyridine rings is 1. The van der Waals surface area contributed by atoms with Crippen molar-refractivity contribution in [3.05, 3.63) is 65.0 Å². The fourth-order valence-electron chi connectivity index (χ4n) is 2.42. The van der Waals surface area contributed by atoms with Crippen molar-refractivity contribution in [1.29, 1.82) is 0 Å². The van der Waals surface area contributed by atoms with Crippen molar-refractivity contribution in [2.75, 3.05) is 7.11 Å². The smallest absolute Gasteiger partial charge is 0.251 e. The highest BCUT2D eigenvalue weighted by Crippen LogP contribution is 2.29. The molecule has 0 fully saturated rings. The van der Waals surface area contributed by atoms with Crippen molar-refractivity contribution >= 4 is 10.9 Å². The Bertz CT molecular complexity index is 820. The van der Waals surface area contributed by atoms with Crippen LogP contribution in [0.25, 0.3) is 22.0 Å². The number of aromatic nitrogens is 1. The zero-order valence-electron chi connectivity index (χ0n) is 11.5. The molecule has 3 aromatic rings. The zero-order chi connectivity index (χ0) is 14.1. The third-order valence-corrected chi connectivity index (χ3v) is 3.54. The minimum atomic E-state index is -0.0235. The van der Waals surface area contributed by atoms with E-state index in [2.05, 4.69) is 0 Å². The van der Waals surface area contributed by atoms with E-state index in [1.54, 1.807) is 24.8 Å². The Morgan fingerprint density at radius 3 is 2.45 bits per heavy atom. The molecule has 2 aromatic carbocycles. The van der Waals surface area contributed by atoms with E-state index >= 15 is 0 Å². The van der Waals surface area contributed by atoms with Gasteiger partial charge in [-0.2, -0.15) is 0 Å². The summed E-state index contributed by atoms with van der Waals surface area (Å²) in [7, 11) is 3.40. The summed E-state index contributed by atoms with van der Waals surface area (Å²) in [4.78, 5) is 12.1. The Morgan fingerprint density at radius 1 is 1.00 bits per heavy atom. The van der Waals surface area contributed by atoms with Crippen molar-refractivity contribution in [3.8, 4) is 16.9 Å². The molecule has 1 heterocycles. The molecule has 0 bridgehead atoms. The van der Waals surface area contributed by atoms with E-state index in [9.17, 15) is 4.79 Å². The highest BCUT2D eigenvalue weighted by atomic mass is 16.5. The van der Waals surface area contributed by atoms with Crippen molar-refractivity contribution < 1.29 is 4.74 Å². The van der Waals surface area contributed by atoms with E-state index < -0.39 is 0 Å². The standard InChI is InChI=1S/C17H15NO2/c1-18-16-10-13(20-2)8-9-14(16)15(11-17(18)19)12-6-4-3-5-7-12/h3-11H,1-2H3. The summed E-state index contributed by atoms with van der Waals surface area (Å²) in [6.07, 6.45) is 0. The van der Waals surface area contributed by atoms with Gasteiger partial charge in [-0.3, -0.25) is 4.79 Å². The summed E-state index contributed by atoms with van der Waals surface area (Å²) < 4.78 is 6.89. The first-order valence-corrected chi connectivity index (χ1v) is 6.44. The van der Waals surface area contributed by atoms with E-state index in [1.807, 2.05) is 48.5 Å². The summed E-state index contributed by atoms with van der Waals surface area (Å²) in [6, 6.07) is 17.4. The lowest BCUT2D eigenvalue weighted by molar-refractivity contribution is 0.415. The summed E-state index contributed by atoms with van der Waals surface area (Å²) in [5.41, 5.74) is 2.84. The van der Waals surface area contributed by atoms with Crippen LogP contribution in [0.2, 0.25) is 0 Å². The second kappa shape index (κ2) is 4.85. The van der Waals surface area contributed by atoms with Crippen molar-refractivity contribution in [3.63, 3.8) is 0 Å². The molecule has 0 spiro atoms. The van der Waals surface area contributed by atoms with Gasteiger partial charge in [-0.1, -0.05) is 30.3 Å². The number of rotatable bonds is 2. The van der Waals surface area contributed by atoms with Crippen LogP contribution in [-0.4, -0.2) is 11.7 Å². The monoisotopic (exact) mass is 265 g/mol. The highest BCUT2D eigenvalue weighted by Gasteiger charge is 2.09. The van der Waals surface area contributed by atoms with Gasteiger partial charge in [0.05, 0.1) is 12.6 Å². The fourth-order valence-corrected chi connectivity index (χ4v) is 2.42. The maximum Gasteiger partial charge on any atom is 0.251 e. The molecule has 0 aliphatic carbocycles. The predicted octanol–water partition coefficient (Wildman–Crippen LogP) is 3.21. The lowest BCUT2D eigenvalue weighted by atomic mass is 10.0. The fraction of sp³-hybridized carbons (Fsp3) is 0.118. The Hall–Kier alpha value is -2.55. The molecule has 0 radical (unpaired) electrons. The van der Waals surface area contributed by atoms with Crippen LogP contribution in [0.5, 0.6) is 5.75 Å². The number of fused-ring (bicyclic) bond motifs is 1. The van der Waals surface area contributed by atoms with Gasteiger partial charge in [-0.05, 0) is 23.3 Å². The van der Waals surface area contributed by atoms with Gasteiger partial charge in [0, 0.05) is 24.6 Å². The predicted molar refractivity (Wildman–Crippen MR) is 81.2 cm³/mol. The Balaban J connectivity index is 2.39. The quantitative estimate of drug-likeness (QED) is 0.712. The topological polar surface area (TPSA) is 31.2 Å². The average Bonchev–Trinajstić information content (AvgIpc) is 2.51. The van der Waals surface area contributed by atoms with Crippen LogP contribution < -0.4 is 10.3 Å². The Morgan fingerprint density at radius 2 is 1.75 bits per heavy atom. The number of benzene rings is 2. The van der Waals surface area contributed by atoms with Gasteiger partial charge in [-0.15, -0.1) is 0 Å². The van der Waals surface area contributed by atoms with E-state index in [-0.39, 0.29) is 5.56 Å². The molecule has 3 rings (SSSR count). The third-order valence-electron chi connectivity index (χ3n) is 3.54. The van der Waals surface area contributed by atoms with E-state index in [1.165, 1.54) is 0 Å². The van der Waals surface area contributed by atoms with Crippen LogP contribution in [0.15, 0.2) is 59.4 Å². The molecular formula is C17H15NO2. The molecule has 0 atom stereocenters. The number of hydrogen-bond donors (Lipinski definition) is 0. The SMILES string of the molecule is COc1ccc2c(-c3ccccc3)cc(=O)n(C)c2c1. The molecule has 100 valence electrons. The normalized spacial score (nSPS) is 10.7. The summed E-state index contributed by atoms with van der Waals surface area (Å²) in [6.45, 7) is 0. The minimum absolute atomic E-state index is 0.0235. The lowest BCUT2D eigenvalue weighted by Gasteiger charge is -2.11. The molecule has 20 heavy (non-hydrogen) atoms. The van der Waals surface area contributed by atoms with Gasteiger partial charge in [0.25, 0.3) is 5.56 Å². The van der Waals surface area contributed by atoms with Crippen LogP contribution >= 0.6 is 0 Å². The van der Waals surface area contributed by atoms with Gasteiger partial charge < -0.3 is 9.30 Å². The number of methoxy groups -OCH3 is 1. The van der Waals surface area contributed by atoms with Crippen LogP contribution in [-0.2, 0) is 7.05 Å².